The van der Waals surface area contributed by atoms with Crippen LogP contribution in [0.1, 0.15) is 117 Å². The molecule has 2 rings (SSSR count). The molecule has 2 fully saturated rings. The molecule has 0 aliphatic heterocycles. The smallest absolute Gasteiger partial charge is 0.434 e. The molecule has 0 amide bonds. The van der Waals surface area contributed by atoms with Gasteiger partial charge in [-0.15, -0.1) is 0 Å². The van der Waals surface area contributed by atoms with Crippen LogP contribution in [0.3, 0.4) is 0 Å². The van der Waals surface area contributed by atoms with Gasteiger partial charge in [-0.3, -0.25) is 0 Å². The average Bonchev–Trinajstić information content (AvgIpc) is 2.74. The normalized spacial score (nSPS) is 22.2. The minimum Gasteiger partial charge on any atom is -0.434 e. The highest BCUT2D eigenvalue weighted by Crippen LogP contribution is 2.26. The Morgan fingerprint density at radius 2 is 1.23 bits per heavy atom. The van der Waals surface area contributed by atoms with E-state index in [1.807, 2.05) is 0 Å². The lowest BCUT2D eigenvalue weighted by Crippen LogP contribution is -2.38. The first-order valence-electron chi connectivity index (χ1n) is 12.7. The van der Waals surface area contributed by atoms with Gasteiger partial charge in [-0.25, -0.2) is 9.59 Å². The minimum absolute atomic E-state index is 0.0376. The molecule has 2 aliphatic carbocycles. The zero-order valence-corrected chi connectivity index (χ0v) is 19.8. The van der Waals surface area contributed by atoms with Gasteiger partial charge in [0.1, 0.15) is 18.3 Å². The second kappa shape index (κ2) is 15.4. The van der Waals surface area contributed by atoms with Gasteiger partial charge in [-0.2, -0.15) is 0 Å². The first kappa shape index (κ1) is 25.8. The van der Waals surface area contributed by atoms with E-state index in [1.165, 1.54) is 38.5 Å². The lowest BCUT2D eigenvalue weighted by Gasteiger charge is -2.30. The molecule has 0 N–H and O–H groups in total. The van der Waals surface area contributed by atoms with Crippen LogP contribution in [0.5, 0.6) is 0 Å². The number of ether oxygens (including phenoxy) is 4. The molecule has 0 saturated heterocycles. The van der Waals surface area contributed by atoms with E-state index in [4.69, 9.17) is 18.9 Å². The Bertz CT molecular complexity index is 500. The minimum atomic E-state index is -0.655. The summed E-state index contributed by atoms with van der Waals surface area (Å²) < 4.78 is 21.7. The van der Waals surface area contributed by atoms with Crippen molar-refractivity contribution in [3.8, 4) is 0 Å². The Morgan fingerprint density at radius 1 is 0.677 bits per heavy atom. The fourth-order valence-corrected chi connectivity index (χ4v) is 4.48. The predicted octanol–water partition coefficient (Wildman–Crippen LogP) is 7.32. The lowest BCUT2D eigenvalue weighted by atomic mass is 9.94. The highest BCUT2D eigenvalue weighted by Gasteiger charge is 2.33. The molecule has 0 spiro atoms. The Kier molecular flexibility index (Phi) is 12.8. The molecular weight excluding hydrogens is 396 g/mol. The van der Waals surface area contributed by atoms with Crippen LogP contribution in [0.15, 0.2) is 0 Å². The maximum Gasteiger partial charge on any atom is 0.508 e. The fraction of sp³-hybridized carbons (Fsp3) is 0.920. The van der Waals surface area contributed by atoms with Gasteiger partial charge in [0.15, 0.2) is 0 Å². The van der Waals surface area contributed by atoms with Gasteiger partial charge in [0.25, 0.3) is 0 Å². The van der Waals surface area contributed by atoms with Crippen LogP contribution in [0.4, 0.5) is 9.59 Å². The summed E-state index contributed by atoms with van der Waals surface area (Å²) in [7, 11) is 0. The molecule has 0 bridgehead atoms. The van der Waals surface area contributed by atoms with Crippen LogP contribution in [-0.2, 0) is 18.9 Å². The SMILES string of the molecule is CC(C)CCCCCCCCOC(=O)OC1CCCCC1OC(=O)OC1CCCCC1. The van der Waals surface area contributed by atoms with Crippen molar-refractivity contribution in [3.05, 3.63) is 0 Å². The summed E-state index contributed by atoms with van der Waals surface area (Å²) >= 11 is 0. The van der Waals surface area contributed by atoms with Crippen LogP contribution >= 0.6 is 0 Å². The second-order valence-electron chi connectivity index (χ2n) is 9.63. The van der Waals surface area contributed by atoms with E-state index in [1.54, 1.807) is 0 Å². The van der Waals surface area contributed by atoms with Gasteiger partial charge in [0.2, 0.25) is 0 Å². The van der Waals surface area contributed by atoms with Crippen molar-refractivity contribution in [2.24, 2.45) is 5.92 Å². The summed E-state index contributed by atoms with van der Waals surface area (Å²) in [5.41, 5.74) is 0. The van der Waals surface area contributed by atoms with Crippen molar-refractivity contribution in [2.75, 3.05) is 6.61 Å². The Labute approximate surface area is 188 Å². The van der Waals surface area contributed by atoms with Gasteiger partial charge < -0.3 is 18.9 Å². The van der Waals surface area contributed by atoms with Gasteiger partial charge in [0.05, 0.1) is 6.61 Å². The van der Waals surface area contributed by atoms with E-state index < -0.39 is 24.5 Å². The summed E-state index contributed by atoms with van der Waals surface area (Å²) in [5.74, 6) is 0.788. The molecule has 180 valence electrons. The molecular formula is C25H44O6. The predicted molar refractivity (Wildman–Crippen MR) is 120 cm³/mol. The van der Waals surface area contributed by atoms with Gasteiger partial charge in [-0.1, -0.05) is 58.8 Å². The van der Waals surface area contributed by atoms with Crippen molar-refractivity contribution >= 4 is 12.3 Å². The highest BCUT2D eigenvalue weighted by atomic mass is 16.8. The molecule has 0 aromatic rings. The van der Waals surface area contributed by atoms with Gasteiger partial charge in [-0.05, 0) is 63.7 Å². The first-order chi connectivity index (χ1) is 15.0. The van der Waals surface area contributed by atoms with Crippen LogP contribution in [-0.4, -0.2) is 37.2 Å². The van der Waals surface area contributed by atoms with Gasteiger partial charge in [0, 0.05) is 0 Å². The molecule has 2 unspecified atom stereocenters. The summed E-state index contributed by atoms with van der Waals surface area (Å²) in [5, 5.41) is 0. The van der Waals surface area contributed by atoms with E-state index in [2.05, 4.69) is 13.8 Å². The average molecular weight is 441 g/mol. The molecule has 0 heterocycles. The maximum atomic E-state index is 12.2. The number of carbonyl (C=O) groups is 2. The molecule has 0 aromatic heterocycles. The molecule has 6 nitrogen and oxygen atoms in total. The zero-order chi connectivity index (χ0) is 22.3. The number of unbranched alkanes of at least 4 members (excludes halogenated alkanes) is 5. The summed E-state index contributed by atoms with van der Waals surface area (Å²) in [6, 6.07) is 0. The van der Waals surface area contributed by atoms with Crippen molar-refractivity contribution in [1.29, 1.82) is 0 Å². The zero-order valence-electron chi connectivity index (χ0n) is 19.8. The van der Waals surface area contributed by atoms with Crippen LogP contribution in [0.2, 0.25) is 0 Å². The first-order valence-corrected chi connectivity index (χ1v) is 12.7. The van der Waals surface area contributed by atoms with E-state index in [0.717, 1.165) is 57.3 Å². The monoisotopic (exact) mass is 440 g/mol. The van der Waals surface area contributed by atoms with Crippen LogP contribution in [0.25, 0.3) is 0 Å². The quantitative estimate of drug-likeness (QED) is 0.234. The van der Waals surface area contributed by atoms with Crippen molar-refractivity contribution < 1.29 is 28.5 Å². The van der Waals surface area contributed by atoms with E-state index in [-0.39, 0.29) is 6.10 Å². The second-order valence-corrected chi connectivity index (χ2v) is 9.63. The molecule has 0 aromatic carbocycles. The number of hydrogen-bond acceptors (Lipinski definition) is 6. The Hall–Kier alpha value is -1.46. The summed E-state index contributed by atoms with van der Waals surface area (Å²) in [6.45, 7) is 4.91. The molecule has 2 saturated carbocycles. The lowest BCUT2D eigenvalue weighted by molar-refractivity contribution is -0.0796. The summed E-state index contributed by atoms with van der Waals surface area (Å²) in [6.07, 6.45) is 14.5. The van der Waals surface area contributed by atoms with Crippen molar-refractivity contribution in [1.82, 2.24) is 0 Å². The topological polar surface area (TPSA) is 71.1 Å². The van der Waals surface area contributed by atoms with Gasteiger partial charge >= 0.3 is 12.3 Å². The third kappa shape index (κ3) is 11.6. The molecule has 31 heavy (non-hydrogen) atoms. The van der Waals surface area contributed by atoms with Crippen molar-refractivity contribution in [2.45, 2.75) is 135 Å². The molecule has 0 radical (unpaired) electrons. The van der Waals surface area contributed by atoms with Crippen LogP contribution < -0.4 is 0 Å². The number of carbonyl (C=O) groups excluding carboxylic acids is 2. The molecule has 6 heteroatoms. The highest BCUT2D eigenvalue weighted by molar-refractivity contribution is 5.61. The van der Waals surface area contributed by atoms with E-state index in [9.17, 15) is 9.59 Å². The molecule has 2 aliphatic rings. The van der Waals surface area contributed by atoms with E-state index in [0.29, 0.717) is 19.4 Å². The van der Waals surface area contributed by atoms with E-state index >= 15 is 0 Å². The van der Waals surface area contributed by atoms with Crippen LogP contribution in [0, 0.1) is 5.92 Å². The van der Waals surface area contributed by atoms with Crippen molar-refractivity contribution in [3.63, 3.8) is 0 Å². The third-order valence-electron chi connectivity index (χ3n) is 6.35. The summed E-state index contributed by atoms with van der Waals surface area (Å²) in [4.78, 5) is 24.2. The maximum absolute atomic E-state index is 12.2. The Morgan fingerprint density at radius 3 is 1.87 bits per heavy atom. The largest absolute Gasteiger partial charge is 0.508 e. The number of rotatable bonds is 12. The molecule has 2 atom stereocenters. The Balaban J connectivity index is 1.56. The third-order valence-corrected chi connectivity index (χ3v) is 6.35. The fourth-order valence-electron chi connectivity index (χ4n) is 4.48. The standard InChI is InChI=1S/C25H44O6/c1-20(2)14-8-5-3-4-6-13-19-28-24(26)30-22-17-11-12-18-23(22)31-25(27)29-21-15-9-7-10-16-21/h20-23H,3-19H2,1-2H3. The number of hydrogen-bond donors (Lipinski definition) is 0.